The second-order valence-electron chi connectivity index (χ2n) is 6.30. The van der Waals surface area contributed by atoms with Crippen LogP contribution >= 0.6 is 0 Å². The molecule has 0 aromatic heterocycles. The number of rotatable bonds is 2. The Balaban J connectivity index is 1.91. The van der Waals surface area contributed by atoms with Gasteiger partial charge in [0.1, 0.15) is 12.3 Å². The Morgan fingerprint density at radius 2 is 1.81 bits per heavy atom. The van der Waals surface area contributed by atoms with Gasteiger partial charge in [0.25, 0.3) is 0 Å². The number of hydrogen-bond donors (Lipinski definition) is 1. The molecule has 21 heavy (non-hydrogen) atoms. The first-order chi connectivity index (χ1) is 10.1. The molecule has 1 amide bonds. The molecule has 1 saturated heterocycles. The van der Waals surface area contributed by atoms with E-state index in [1.165, 1.54) is 4.90 Å². The summed E-state index contributed by atoms with van der Waals surface area (Å²) >= 11 is 0. The lowest BCUT2D eigenvalue weighted by Gasteiger charge is -2.39. The van der Waals surface area contributed by atoms with Crippen LogP contribution in [-0.2, 0) is 10.2 Å². The van der Waals surface area contributed by atoms with Crippen molar-refractivity contribution >= 4 is 5.91 Å². The van der Waals surface area contributed by atoms with Gasteiger partial charge in [0.2, 0.25) is 5.91 Å². The van der Waals surface area contributed by atoms with Crippen LogP contribution in [0.5, 0.6) is 0 Å². The van der Waals surface area contributed by atoms with Gasteiger partial charge in [-0.1, -0.05) is 49.6 Å². The van der Waals surface area contributed by atoms with E-state index in [-0.39, 0.29) is 19.0 Å². The number of carbonyl (C=O) groups is 1. The van der Waals surface area contributed by atoms with E-state index in [0.717, 1.165) is 37.7 Å². The minimum absolute atomic E-state index is 0.00685. The van der Waals surface area contributed by atoms with E-state index in [9.17, 15) is 14.3 Å². The van der Waals surface area contributed by atoms with Crippen molar-refractivity contribution in [3.8, 4) is 0 Å². The maximum absolute atomic E-state index is 13.6. The predicted molar refractivity (Wildman–Crippen MR) is 78.7 cm³/mol. The highest BCUT2D eigenvalue weighted by atomic mass is 19.1. The highest BCUT2D eigenvalue weighted by molar-refractivity contribution is 5.88. The normalized spacial score (nSPS) is 28.6. The van der Waals surface area contributed by atoms with Crippen molar-refractivity contribution in [2.45, 2.75) is 49.8 Å². The first kappa shape index (κ1) is 14.5. The van der Waals surface area contributed by atoms with E-state index in [1.807, 2.05) is 30.3 Å². The number of nitrogens with zero attached hydrogens (tertiary/aromatic N) is 1. The monoisotopic (exact) mass is 291 g/mol. The highest BCUT2D eigenvalue weighted by Crippen LogP contribution is 2.41. The maximum Gasteiger partial charge on any atom is 0.233 e. The van der Waals surface area contributed by atoms with Gasteiger partial charge in [0.05, 0.1) is 12.0 Å². The van der Waals surface area contributed by atoms with Crippen LogP contribution in [-0.4, -0.2) is 41.3 Å². The second kappa shape index (κ2) is 5.76. The summed E-state index contributed by atoms with van der Waals surface area (Å²) < 4.78 is 13.6. The third-order valence-electron chi connectivity index (χ3n) is 4.95. The molecule has 3 nitrogen and oxygen atoms in total. The third kappa shape index (κ3) is 2.57. The lowest BCUT2D eigenvalue weighted by molar-refractivity contribution is -0.138. The van der Waals surface area contributed by atoms with Crippen LogP contribution in [0, 0.1) is 0 Å². The number of aliphatic hydroxyl groups excluding tert-OH is 1. The number of benzene rings is 1. The Morgan fingerprint density at radius 3 is 2.38 bits per heavy atom. The zero-order valence-electron chi connectivity index (χ0n) is 12.2. The molecule has 0 bridgehead atoms. The first-order valence-corrected chi connectivity index (χ1v) is 7.80. The number of hydrogen-bond acceptors (Lipinski definition) is 2. The van der Waals surface area contributed by atoms with Crippen molar-refractivity contribution < 1.29 is 14.3 Å². The van der Waals surface area contributed by atoms with Gasteiger partial charge < -0.3 is 10.0 Å². The standard InChI is InChI=1S/C17H22FNO2/c18-14-11-19(12-15(14)20)16(21)17(9-5-2-6-10-17)13-7-3-1-4-8-13/h1,3-4,7-8,14-15,20H,2,5-6,9-12H2/t14-,15-/m1/s1. The van der Waals surface area contributed by atoms with Gasteiger partial charge in [-0.15, -0.1) is 0 Å². The fourth-order valence-electron chi connectivity index (χ4n) is 3.75. The van der Waals surface area contributed by atoms with E-state index < -0.39 is 17.7 Å². The molecule has 1 aromatic carbocycles. The van der Waals surface area contributed by atoms with Gasteiger partial charge in [-0.3, -0.25) is 4.79 Å². The summed E-state index contributed by atoms with van der Waals surface area (Å²) in [6, 6.07) is 9.86. The number of alkyl halides is 1. The van der Waals surface area contributed by atoms with Crippen LogP contribution in [0.1, 0.15) is 37.7 Å². The summed E-state index contributed by atoms with van der Waals surface area (Å²) in [4.78, 5) is 14.6. The quantitative estimate of drug-likeness (QED) is 0.909. The molecule has 1 saturated carbocycles. The Morgan fingerprint density at radius 1 is 1.14 bits per heavy atom. The Labute approximate surface area is 124 Å². The Hall–Kier alpha value is -1.42. The van der Waals surface area contributed by atoms with Crippen molar-refractivity contribution in [1.29, 1.82) is 0 Å². The summed E-state index contributed by atoms with van der Waals surface area (Å²) in [6.07, 6.45) is 2.48. The van der Waals surface area contributed by atoms with E-state index in [2.05, 4.69) is 0 Å². The van der Waals surface area contributed by atoms with Crippen molar-refractivity contribution in [2.24, 2.45) is 0 Å². The molecule has 1 heterocycles. The van der Waals surface area contributed by atoms with Crippen LogP contribution in [0.4, 0.5) is 4.39 Å². The van der Waals surface area contributed by atoms with E-state index in [0.29, 0.717) is 0 Å². The molecule has 3 rings (SSSR count). The molecule has 114 valence electrons. The summed E-state index contributed by atoms with van der Waals surface area (Å²) in [5.74, 6) is -0.00685. The van der Waals surface area contributed by atoms with Crippen LogP contribution < -0.4 is 0 Å². The number of aliphatic hydroxyl groups is 1. The molecule has 2 fully saturated rings. The number of carbonyl (C=O) groups excluding carboxylic acids is 1. The Kier molecular flexibility index (Phi) is 3.98. The Bertz CT molecular complexity index is 489. The smallest absolute Gasteiger partial charge is 0.233 e. The largest absolute Gasteiger partial charge is 0.388 e. The van der Waals surface area contributed by atoms with Crippen LogP contribution in [0.3, 0.4) is 0 Å². The SMILES string of the molecule is O=C(N1C[C@@H](O)[C@H](F)C1)C1(c2ccccc2)CCCCC1. The second-order valence-corrected chi connectivity index (χ2v) is 6.30. The van der Waals surface area contributed by atoms with Crippen LogP contribution in [0.2, 0.25) is 0 Å². The summed E-state index contributed by atoms with van der Waals surface area (Å²) in [5, 5.41) is 9.60. The zero-order chi connectivity index (χ0) is 14.9. The molecular weight excluding hydrogens is 269 g/mol. The summed E-state index contributed by atoms with van der Waals surface area (Å²) in [5.41, 5.74) is 0.509. The van der Waals surface area contributed by atoms with Crippen LogP contribution in [0.25, 0.3) is 0 Å². The molecule has 4 heteroatoms. The zero-order valence-corrected chi connectivity index (χ0v) is 12.2. The number of halogens is 1. The first-order valence-electron chi connectivity index (χ1n) is 7.80. The maximum atomic E-state index is 13.6. The molecule has 2 atom stereocenters. The molecule has 0 spiro atoms. The van der Waals surface area contributed by atoms with Gasteiger partial charge in [0.15, 0.2) is 0 Å². The van der Waals surface area contributed by atoms with E-state index >= 15 is 0 Å². The average molecular weight is 291 g/mol. The van der Waals surface area contributed by atoms with E-state index in [4.69, 9.17) is 0 Å². The lowest BCUT2D eigenvalue weighted by atomic mass is 9.68. The number of β-amino-alcohol motifs (C(OH)–C–C–N with tert-alkyl or cyclic N) is 1. The lowest BCUT2D eigenvalue weighted by Crippen LogP contribution is -2.47. The summed E-state index contributed by atoms with van der Waals surface area (Å²) in [7, 11) is 0. The fourth-order valence-corrected chi connectivity index (χ4v) is 3.75. The molecule has 1 N–H and O–H groups in total. The van der Waals surface area contributed by atoms with Crippen molar-refractivity contribution in [3.63, 3.8) is 0 Å². The van der Waals surface area contributed by atoms with Gasteiger partial charge in [-0.05, 0) is 18.4 Å². The fraction of sp³-hybridized carbons (Fsp3) is 0.588. The molecule has 2 aliphatic rings. The van der Waals surface area contributed by atoms with Crippen molar-refractivity contribution in [2.75, 3.05) is 13.1 Å². The molecular formula is C17H22FNO2. The van der Waals surface area contributed by atoms with Crippen LogP contribution in [0.15, 0.2) is 30.3 Å². The van der Waals surface area contributed by atoms with Gasteiger partial charge in [0, 0.05) is 6.54 Å². The average Bonchev–Trinajstić information content (AvgIpc) is 2.87. The number of likely N-dealkylation sites (tertiary alicyclic amines) is 1. The predicted octanol–water partition coefficient (Wildman–Crippen LogP) is 2.43. The minimum Gasteiger partial charge on any atom is -0.388 e. The van der Waals surface area contributed by atoms with E-state index in [1.54, 1.807) is 0 Å². The minimum atomic E-state index is -1.31. The molecule has 0 radical (unpaired) electrons. The molecule has 0 unspecified atom stereocenters. The molecule has 1 aliphatic carbocycles. The van der Waals surface area contributed by atoms with Gasteiger partial charge in [-0.2, -0.15) is 0 Å². The topological polar surface area (TPSA) is 40.5 Å². The van der Waals surface area contributed by atoms with Crippen molar-refractivity contribution in [3.05, 3.63) is 35.9 Å². The molecule has 1 aromatic rings. The van der Waals surface area contributed by atoms with Gasteiger partial charge >= 0.3 is 0 Å². The van der Waals surface area contributed by atoms with Crippen molar-refractivity contribution in [1.82, 2.24) is 4.90 Å². The summed E-state index contributed by atoms with van der Waals surface area (Å²) in [6.45, 7) is 0.142. The molecule has 1 aliphatic heterocycles. The van der Waals surface area contributed by atoms with Gasteiger partial charge in [-0.25, -0.2) is 4.39 Å². The third-order valence-corrected chi connectivity index (χ3v) is 4.95. The number of amides is 1. The highest BCUT2D eigenvalue weighted by Gasteiger charge is 2.46.